The zero-order chi connectivity index (χ0) is 14.8. The van der Waals surface area contributed by atoms with Crippen LogP contribution < -0.4 is 5.32 Å². The first-order chi connectivity index (χ1) is 10.2. The first kappa shape index (κ1) is 13.0. The van der Waals surface area contributed by atoms with Crippen molar-refractivity contribution in [2.45, 2.75) is 6.92 Å². The number of aromatic nitrogens is 2. The van der Waals surface area contributed by atoms with Gasteiger partial charge in [-0.05, 0) is 43.3 Å². The molecule has 0 amide bonds. The molecule has 0 aliphatic heterocycles. The number of anilines is 2. The summed E-state index contributed by atoms with van der Waals surface area (Å²) in [4.78, 5) is 0. The van der Waals surface area contributed by atoms with Gasteiger partial charge in [0.1, 0.15) is 11.9 Å². The van der Waals surface area contributed by atoms with Crippen LogP contribution in [0.5, 0.6) is 0 Å². The molecule has 0 saturated heterocycles. The van der Waals surface area contributed by atoms with E-state index in [1.807, 2.05) is 31.2 Å². The second-order valence-corrected chi connectivity index (χ2v) is 4.69. The molecule has 0 spiro atoms. The lowest BCUT2D eigenvalue weighted by atomic mass is 10.1. The van der Waals surface area contributed by atoms with Gasteiger partial charge in [0.2, 0.25) is 0 Å². The molecule has 0 radical (unpaired) electrons. The van der Waals surface area contributed by atoms with Gasteiger partial charge >= 0.3 is 0 Å². The highest BCUT2D eigenvalue weighted by molar-refractivity contribution is 5.95. The molecular weight excluding hydrogens is 267 g/mol. The minimum Gasteiger partial charge on any atom is -0.353 e. The summed E-state index contributed by atoms with van der Waals surface area (Å²) in [6.45, 7) is 1.97. The second-order valence-electron chi connectivity index (χ2n) is 4.69. The van der Waals surface area contributed by atoms with Crippen molar-refractivity contribution >= 4 is 22.3 Å². The van der Waals surface area contributed by atoms with Crippen molar-refractivity contribution in [2.24, 2.45) is 0 Å². The van der Waals surface area contributed by atoms with Crippen LogP contribution in [-0.2, 0) is 0 Å². The molecule has 0 saturated carbocycles. The summed E-state index contributed by atoms with van der Waals surface area (Å²) in [5.74, 6) is -0.311. The summed E-state index contributed by atoms with van der Waals surface area (Å²) in [6, 6.07) is 13.7. The van der Waals surface area contributed by atoms with Gasteiger partial charge < -0.3 is 5.32 Å². The SMILES string of the molecule is Cc1ccc2nnc(C#N)c(Nc3ccc(F)cc3)c2c1. The average Bonchev–Trinajstić information content (AvgIpc) is 2.50. The van der Waals surface area contributed by atoms with E-state index in [0.29, 0.717) is 16.9 Å². The number of halogens is 1. The van der Waals surface area contributed by atoms with Gasteiger partial charge in [-0.2, -0.15) is 5.26 Å². The molecular formula is C16H11FN4. The van der Waals surface area contributed by atoms with Crippen LogP contribution in [0.1, 0.15) is 11.3 Å². The van der Waals surface area contributed by atoms with Gasteiger partial charge in [0.05, 0.1) is 11.2 Å². The van der Waals surface area contributed by atoms with E-state index in [0.717, 1.165) is 10.9 Å². The highest BCUT2D eigenvalue weighted by Gasteiger charge is 2.11. The van der Waals surface area contributed by atoms with E-state index in [-0.39, 0.29) is 11.5 Å². The van der Waals surface area contributed by atoms with Crippen molar-refractivity contribution in [3.8, 4) is 6.07 Å². The van der Waals surface area contributed by atoms with E-state index in [1.165, 1.54) is 12.1 Å². The van der Waals surface area contributed by atoms with Gasteiger partial charge in [-0.1, -0.05) is 11.6 Å². The molecule has 1 heterocycles. The molecule has 0 fully saturated rings. The van der Waals surface area contributed by atoms with Crippen LogP contribution >= 0.6 is 0 Å². The van der Waals surface area contributed by atoms with Crippen LogP contribution in [0.2, 0.25) is 0 Å². The van der Waals surface area contributed by atoms with E-state index in [1.54, 1.807) is 12.1 Å². The molecule has 102 valence electrons. The van der Waals surface area contributed by atoms with Gasteiger partial charge in [0.25, 0.3) is 0 Å². The molecule has 3 rings (SSSR count). The summed E-state index contributed by atoms with van der Waals surface area (Å²) < 4.78 is 13.0. The number of nitrogens with one attached hydrogen (secondary N) is 1. The smallest absolute Gasteiger partial charge is 0.187 e. The third-order valence-electron chi connectivity index (χ3n) is 3.14. The van der Waals surface area contributed by atoms with Crippen LogP contribution in [0.4, 0.5) is 15.8 Å². The summed E-state index contributed by atoms with van der Waals surface area (Å²) in [6.07, 6.45) is 0. The van der Waals surface area contributed by atoms with Crippen molar-refractivity contribution in [3.05, 3.63) is 59.5 Å². The average molecular weight is 278 g/mol. The topological polar surface area (TPSA) is 61.6 Å². The van der Waals surface area contributed by atoms with Crippen molar-refractivity contribution in [1.82, 2.24) is 10.2 Å². The first-order valence-electron chi connectivity index (χ1n) is 6.37. The molecule has 0 aliphatic carbocycles. The van der Waals surface area contributed by atoms with E-state index in [2.05, 4.69) is 15.5 Å². The molecule has 1 N–H and O–H groups in total. The lowest BCUT2D eigenvalue weighted by Crippen LogP contribution is -2.00. The Bertz CT molecular complexity index is 851. The fourth-order valence-electron chi connectivity index (χ4n) is 2.10. The summed E-state index contributed by atoms with van der Waals surface area (Å²) in [5.41, 5.74) is 3.23. The maximum Gasteiger partial charge on any atom is 0.187 e. The lowest BCUT2D eigenvalue weighted by molar-refractivity contribution is 0.628. The highest BCUT2D eigenvalue weighted by atomic mass is 19.1. The Morgan fingerprint density at radius 1 is 1.10 bits per heavy atom. The molecule has 4 nitrogen and oxygen atoms in total. The number of nitriles is 1. The molecule has 0 aliphatic rings. The van der Waals surface area contributed by atoms with Gasteiger partial charge in [-0.15, -0.1) is 10.2 Å². The zero-order valence-corrected chi connectivity index (χ0v) is 11.3. The number of nitrogens with zero attached hydrogens (tertiary/aromatic N) is 3. The maximum atomic E-state index is 13.0. The van der Waals surface area contributed by atoms with Crippen LogP contribution in [0.15, 0.2) is 42.5 Å². The predicted octanol–water partition coefficient (Wildman–Crippen LogP) is 3.69. The third kappa shape index (κ3) is 2.51. The Balaban J connectivity index is 2.17. The summed E-state index contributed by atoms with van der Waals surface area (Å²) >= 11 is 0. The number of fused-ring (bicyclic) bond motifs is 1. The number of hydrogen-bond acceptors (Lipinski definition) is 4. The normalized spacial score (nSPS) is 10.3. The monoisotopic (exact) mass is 278 g/mol. The predicted molar refractivity (Wildman–Crippen MR) is 78.7 cm³/mol. The molecule has 0 unspecified atom stereocenters. The fraction of sp³-hybridized carbons (Fsp3) is 0.0625. The highest BCUT2D eigenvalue weighted by Crippen LogP contribution is 2.28. The standard InChI is InChI=1S/C16H11FN4/c1-10-2-7-14-13(8-10)16(15(9-18)21-20-14)19-12-5-3-11(17)4-6-12/h2-8H,1H3,(H,19,20). The molecule has 2 aromatic carbocycles. The van der Waals surface area contributed by atoms with Crippen LogP contribution in [0.3, 0.4) is 0 Å². The largest absolute Gasteiger partial charge is 0.353 e. The maximum absolute atomic E-state index is 13.0. The molecule has 0 atom stereocenters. The van der Waals surface area contributed by atoms with Crippen molar-refractivity contribution in [3.63, 3.8) is 0 Å². The Hall–Kier alpha value is -3.00. The Labute approximate surface area is 120 Å². The van der Waals surface area contributed by atoms with Crippen LogP contribution in [0.25, 0.3) is 10.9 Å². The Morgan fingerprint density at radius 3 is 2.57 bits per heavy atom. The fourth-order valence-corrected chi connectivity index (χ4v) is 2.10. The van der Waals surface area contributed by atoms with E-state index >= 15 is 0 Å². The number of hydrogen-bond donors (Lipinski definition) is 1. The molecule has 5 heteroatoms. The van der Waals surface area contributed by atoms with Gasteiger partial charge in [-0.25, -0.2) is 4.39 Å². The minimum atomic E-state index is -0.311. The second kappa shape index (κ2) is 5.17. The van der Waals surface area contributed by atoms with Crippen molar-refractivity contribution in [1.29, 1.82) is 5.26 Å². The summed E-state index contributed by atoms with van der Waals surface area (Å²) in [5, 5.41) is 21.1. The Kier molecular flexibility index (Phi) is 3.20. The number of benzene rings is 2. The number of aryl methyl sites for hydroxylation is 1. The van der Waals surface area contributed by atoms with Crippen molar-refractivity contribution < 1.29 is 4.39 Å². The number of rotatable bonds is 2. The van der Waals surface area contributed by atoms with Gasteiger partial charge in [-0.3, -0.25) is 0 Å². The van der Waals surface area contributed by atoms with E-state index in [4.69, 9.17) is 0 Å². The van der Waals surface area contributed by atoms with Crippen LogP contribution in [0, 0.1) is 24.1 Å². The molecule has 3 aromatic rings. The first-order valence-corrected chi connectivity index (χ1v) is 6.37. The van der Waals surface area contributed by atoms with E-state index in [9.17, 15) is 9.65 Å². The summed E-state index contributed by atoms with van der Waals surface area (Å²) in [7, 11) is 0. The third-order valence-corrected chi connectivity index (χ3v) is 3.14. The van der Waals surface area contributed by atoms with Crippen LogP contribution in [-0.4, -0.2) is 10.2 Å². The lowest BCUT2D eigenvalue weighted by Gasteiger charge is -2.11. The molecule has 21 heavy (non-hydrogen) atoms. The quantitative estimate of drug-likeness (QED) is 0.776. The van der Waals surface area contributed by atoms with Crippen molar-refractivity contribution in [2.75, 3.05) is 5.32 Å². The van der Waals surface area contributed by atoms with E-state index < -0.39 is 0 Å². The molecule has 1 aromatic heterocycles. The molecule has 0 bridgehead atoms. The minimum absolute atomic E-state index is 0.206. The van der Waals surface area contributed by atoms with Gasteiger partial charge in [0, 0.05) is 11.1 Å². The Morgan fingerprint density at radius 2 is 1.86 bits per heavy atom. The van der Waals surface area contributed by atoms with Gasteiger partial charge in [0.15, 0.2) is 5.69 Å². The zero-order valence-electron chi connectivity index (χ0n) is 11.3.